The Morgan fingerprint density at radius 2 is 2.14 bits per heavy atom. The molecule has 21 heavy (non-hydrogen) atoms. The van der Waals surface area contributed by atoms with Gasteiger partial charge in [-0.05, 0) is 25.6 Å². The maximum absolute atomic E-state index is 5.66. The van der Waals surface area contributed by atoms with Crippen molar-refractivity contribution in [1.29, 1.82) is 0 Å². The lowest BCUT2D eigenvalue weighted by molar-refractivity contribution is 0.469. The average Bonchev–Trinajstić information content (AvgIpc) is 3.10. The van der Waals surface area contributed by atoms with Crippen molar-refractivity contribution in [2.24, 2.45) is 5.73 Å². The van der Waals surface area contributed by atoms with Crippen molar-refractivity contribution in [2.45, 2.75) is 19.9 Å². The van der Waals surface area contributed by atoms with E-state index in [0.29, 0.717) is 31.3 Å². The summed E-state index contributed by atoms with van der Waals surface area (Å²) in [6.45, 7) is 2.97. The fraction of sp³-hybridized carbons (Fsp3) is 0.286. The summed E-state index contributed by atoms with van der Waals surface area (Å²) in [7, 11) is 0. The number of hydrogen-bond donors (Lipinski definition) is 1. The zero-order valence-corrected chi connectivity index (χ0v) is 11.7. The van der Waals surface area contributed by atoms with Gasteiger partial charge in [0.1, 0.15) is 6.54 Å². The summed E-state index contributed by atoms with van der Waals surface area (Å²) in [4.78, 5) is 0. The van der Waals surface area contributed by atoms with Crippen LogP contribution in [0.15, 0.2) is 34.9 Å². The van der Waals surface area contributed by atoms with Crippen LogP contribution < -0.4 is 5.73 Å². The zero-order chi connectivity index (χ0) is 14.7. The van der Waals surface area contributed by atoms with E-state index in [1.54, 1.807) is 4.68 Å². The van der Waals surface area contributed by atoms with E-state index in [0.717, 1.165) is 16.8 Å². The highest BCUT2D eigenvalue weighted by Crippen LogP contribution is 2.19. The minimum atomic E-state index is 0.399. The molecule has 108 valence electrons. The molecule has 0 aliphatic rings. The van der Waals surface area contributed by atoms with Crippen molar-refractivity contribution in [3.05, 3.63) is 47.6 Å². The highest BCUT2D eigenvalue weighted by molar-refractivity contribution is 5.53. The molecule has 0 amide bonds. The van der Waals surface area contributed by atoms with Gasteiger partial charge in [0.15, 0.2) is 0 Å². The standard InChI is InChI=1S/C14H16N6O/c1-10-3-2-4-11(7-10)14-18-17-13(21-14)9-20-8-12(5-6-15)16-19-20/h2-4,7-8H,5-6,9,15H2,1H3. The van der Waals surface area contributed by atoms with Gasteiger partial charge in [0, 0.05) is 18.2 Å². The minimum absolute atomic E-state index is 0.399. The van der Waals surface area contributed by atoms with Crippen LogP contribution in [0.3, 0.4) is 0 Å². The smallest absolute Gasteiger partial charge is 0.247 e. The summed E-state index contributed by atoms with van der Waals surface area (Å²) in [5.41, 5.74) is 8.40. The Morgan fingerprint density at radius 1 is 1.24 bits per heavy atom. The first-order chi connectivity index (χ1) is 10.2. The van der Waals surface area contributed by atoms with Crippen molar-refractivity contribution in [2.75, 3.05) is 6.54 Å². The molecule has 0 spiro atoms. The van der Waals surface area contributed by atoms with Gasteiger partial charge in [-0.15, -0.1) is 15.3 Å². The summed E-state index contributed by atoms with van der Waals surface area (Å²) in [5.74, 6) is 1.01. The van der Waals surface area contributed by atoms with Crippen molar-refractivity contribution >= 4 is 0 Å². The highest BCUT2D eigenvalue weighted by atomic mass is 16.4. The molecule has 0 aliphatic carbocycles. The van der Waals surface area contributed by atoms with Gasteiger partial charge in [0.25, 0.3) is 0 Å². The lowest BCUT2D eigenvalue weighted by Gasteiger charge is -1.96. The van der Waals surface area contributed by atoms with Crippen LogP contribution in [0.1, 0.15) is 17.1 Å². The summed E-state index contributed by atoms with van der Waals surface area (Å²) in [6.07, 6.45) is 2.54. The number of aromatic nitrogens is 5. The third kappa shape index (κ3) is 3.14. The van der Waals surface area contributed by atoms with E-state index in [2.05, 4.69) is 20.5 Å². The number of aryl methyl sites for hydroxylation is 1. The molecule has 0 saturated heterocycles. The van der Waals surface area contributed by atoms with E-state index in [-0.39, 0.29) is 0 Å². The van der Waals surface area contributed by atoms with Crippen LogP contribution in [0.5, 0.6) is 0 Å². The second-order valence-corrected chi connectivity index (χ2v) is 4.82. The molecule has 7 heteroatoms. The van der Waals surface area contributed by atoms with Gasteiger partial charge in [-0.3, -0.25) is 0 Å². The number of rotatable bonds is 5. The van der Waals surface area contributed by atoms with Crippen LogP contribution in [-0.2, 0) is 13.0 Å². The maximum Gasteiger partial charge on any atom is 0.247 e. The molecule has 0 saturated carbocycles. The molecular formula is C14H16N6O. The van der Waals surface area contributed by atoms with Crippen molar-refractivity contribution < 1.29 is 4.42 Å². The summed E-state index contributed by atoms with van der Waals surface area (Å²) in [5, 5.41) is 16.1. The predicted octanol–water partition coefficient (Wildman–Crippen LogP) is 1.19. The van der Waals surface area contributed by atoms with Gasteiger partial charge in [0.05, 0.1) is 5.69 Å². The monoisotopic (exact) mass is 284 g/mol. The van der Waals surface area contributed by atoms with Crippen molar-refractivity contribution in [1.82, 2.24) is 25.2 Å². The van der Waals surface area contributed by atoms with Gasteiger partial charge in [-0.2, -0.15) is 0 Å². The zero-order valence-electron chi connectivity index (χ0n) is 11.7. The first-order valence-electron chi connectivity index (χ1n) is 6.73. The Bertz CT molecular complexity index is 732. The second-order valence-electron chi connectivity index (χ2n) is 4.82. The number of nitrogens with two attached hydrogens (primary N) is 1. The Hall–Kier alpha value is -2.54. The van der Waals surface area contributed by atoms with Crippen molar-refractivity contribution in [3.63, 3.8) is 0 Å². The number of hydrogen-bond acceptors (Lipinski definition) is 6. The van der Waals surface area contributed by atoms with Crippen molar-refractivity contribution in [3.8, 4) is 11.5 Å². The Balaban J connectivity index is 1.75. The molecule has 1 aromatic carbocycles. The van der Waals surface area contributed by atoms with Crippen LogP contribution >= 0.6 is 0 Å². The van der Waals surface area contributed by atoms with E-state index in [1.807, 2.05) is 37.4 Å². The molecule has 0 bridgehead atoms. The predicted molar refractivity (Wildman–Crippen MR) is 76.4 cm³/mol. The number of nitrogens with zero attached hydrogens (tertiary/aromatic N) is 5. The van der Waals surface area contributed by atoms with Crippen LogP contribution in [0.4, 0.5) is 0 Å². The molecule has 3 rings (SSSR count). The number of benzene rings is 1. The first kappa shape index (κ1) is 13.4. The second kappa shape index (κ2) is 5.84. The largest absolute Gasteiger partial charge is 0.419 e. The normalized spacial score (nSPS) is 11.0. The molecule has 2 heterocycles. The molecule has 0 fully saturated rings. The lowest BCUT2D eigenvalue weighted by Crippen LogP contribution is -2.03. The molecule has 0 atom stereocenters. The van der Waals surface area contributed by atoms with E-state index < -0.39 is 0 Å². The summed E-state index contributed by atoms with van der Waals surface area (Å²) >= 11 is 0. The minimum Gasteiger partial charge on any atom is -0.419 e. The Kier molecular flexibility index (Phi) is 3.74. The molecule has 3 aromatic rings. The third-order valence-corrected chi connectivity index (χ3v) is 3.02. The molecular weight excluding hydrogens is 268 g/mol. The van der Waals surface area contributed by atoms with Gasteiger partial charge in [-0.1, -0.05) is 22.9 Å². The highest BCUT2D eigenvalue weighted by Gasteiger charge is 2.10. The maximum atomic E-state index is 5.66. The third-order valence-electron chi connectivity index (χ3n) is 3.02. The van der Waals surface area contributed by atoms with Crippen LogP contribution in [-0.4, -0.2) is 31.7 Å². The molecule has 0 radical (unpaired) electrons. The molecule has 2 N–H and O–H groups in total. The topological polar surface area (TPSA) is 95.7 Å². The SMILES string of the molecule is Cc1cccc(-c2nnc(Cn3cc(CCN)nn3)o2)c1. The summed E-state index contributed by atoms with van der Waals surface area (Å²) < 4.78 is 7.33. The van der Waals surface area contributed by atoms with Gasteiger partial charge in [0.2, 0.25) is 11.8 Å². The average molecular weight is 284 g/mol. The molecule has 0 aliphatic heterocycles. The molecule has 2 aromatic heterocycles. The van der Waals surface area contributed by atoms with Gasteiger partial charge >= 0.3 is 0 Å². The van der Waals surface area contributed by atoms with Gasteiger partial charge in [-0.25, -0.2) is 4.68 Å². The quantitative estimate of drug-likeness (QED) is 0.756. The Morgan fingerprint density at radius 3 is 2.95 bits per heavy atom. The summed E-state index contributed by atoms with van der Waals surface area (Å²) in [6, 6.07) is 7.94. The molecule has 7 nitrogen and oxygen atoms in total. The fourth-order valence-corrected chi connectivity index (χ4v) is 2.03. The fourth-order valence-electron chi connectivity index (χ4n) is 2.03. The lowest BCUT2D eigenvalue weighted by atomic mass is 10.1. The Labute approximate surface area is 121 Å². The van der Waals surface area contributed by atoms with Gasteiger partial charge < -0.3 is 10.2 Å². The van der Waals surface area contributed by atoms with E-state index >= 15 is 0 Å². The van der Waals surface area contributed by atoms with E-state index in [4.69, 9.17) is 10.2 Å². The van der Waals surface area contributed by atoms with E-state index in [1.165, 1.54) is 0 Å². The molecule has 0 unspecified atom stereocenters. The first-order valence-corrected chi connectivity index (χ1v) is 6.73. The van der Waals surface area contributed by atoms with Crippen LogP contribution in [0.25, 0.3) is 11.5 Å². The van der Waals surface area contributed by atoms with Crippen LogP contribution in [0, 0.1) is 6.92 Å². The van der Waals surface area contributed by atoms with Crippen LogP contribution in [0.2, 0.25) is 0 Å². The van der Waals surface area contributed by atoms with E-state index in [9.17, 15) is 0 Å².